The number of hydrogen-bond donors (Lipinski definition) is 1. The van der Waals surface area contributed by atoms with Crippen molar-refractivity contribution in [1.82, 2.24) is 10.2 Å². The van der Waals surface area contributed by atoms with Crippen LogP contribution in [0.3, 0.4) is 0 Å². The molecule has 0 saturated carbocycles. The first-order valence-corrected chi connectivity index (χ1v) is 6.48. The molecule has 0 spiro atoms. The van der Waals surface area contributed by atoms with Crippen LogP contribution in [0.25, 0.3) is 0 Å². The molecule has 1 N–H and O–H groups in total. The number of benzene rings is 1. The van der Waals surface area contributed by atoms with E-state index in [0.29, 0.717) is 13.1 Å². The van der Waals surface area contributed by atoms with Gasteiger partial charge < -0.3 is 5.32 Å². The molecule has 1 amide bonds. The van der Waals surface area contributed by atoms with Gasteiger partial charge in [0.25, 0.3) is 0 Å². The number of hydrogen-bond acceptors (Lipinski definition) is 2. The van der Waals surface area contributed by atoms with E-state index in [9.17, 15) is 13.6 Å². The zero-order chi connectivity index (χ0) is 13.1. The average molecular weight is 319 g/mol. The molecule has 1 fully saturated rings. The number of nitrogens with one attached hydrogen (secondary N) is 1. The Morgan fingerprint density at radius 2 is 2.17 bits per heavy atom. The lowest BCUT2D eigenvalue weighted by molar-refractivity contribution is -0.121. The molecular weight excluding hydrogens is 306 g/mol. The van der Waals surface area contributed by atoms with E-state index in [-0.39, 0.29) is 29.0 Å². The van der Waals surface area contributed by atoms with Crippen molar-refractivity contribution in [1.29, 1.82) is 0 Å². The summed E-state index contributed by atoms with van der Waals surface area (Å²) in [5, 5.41) is 2.72. The molecule has 2 rings (SSSR count). The van der Waals surface area contributed by atoms with Gasteiger partial charge in [-0.25, -0.2) is 8.78 Å². The smallest absolute Gasteiger partial charge is 0.234 e. The molecule has 18 heavy (non-hydrogen) atoms. The van der Waals surface area contributed by atoms with Crippen molar-refractivity contribution in [2.24, 2.45) is 0 Å². The van der Waals surface area contributed by atoms with Crippen LogP contribution >= 0.6 is 15.9 Å². The Morgan fingerprint density at radius 3 is 2.94 bits per heavy atom. The third-order valence-electron chi connectivity index (χ3n) is 2.86. The molecule has 1 heterocycles. The maximum atomic E-state index is 13.8. The summed E-state index contributed by atoms with van der Waals surface area (Å²) < 4.78 is 27.6. The highest BCUT2D eigenvalue weighted by Gasteiger charge is 2.19. The predicted molar refractivity (Wildman–Crippen MR) is 67.0 cm³/mol. The van der Waals surface area contributed by atoms with Gasteiger partial charge in [0, 0.05) is 25.2 Å². The lowest BCUT2D eigenvalue weighted by Crippen LogP contribution is -2.33. The molecule has 1 saturated heterocycles. The molecule has 1 aliphatic heterocycles. The van der Waals surface area contributed by atoms with Crippen molar-refractivity contribution in [3.8, 4) is 0 Å². The van der Waals surface area contributed by atoms with E-state index in [4.69, 9.17) is 0 Å². The maximum Gasteiger partial charge on any atom is 0.234 e. The number of amides is 1. The van der Waals surface area contributed by atoms with Gasteiger partial charge in [-0.1, -0.05) is 0 Å². The van der Waals surface area contributed by atoms with Gasteiger partial charge in [-0.3, -0.25) is 9.69 Å². The minimum Gasteiger partial charge on any atom is -0.355 e. The molecule has 0 unspecified atom stereocenters. The number of rotatable bonds is 2. The van der Waals surface area contributed by atoms with Crippen LogP contribution in [-0.2, 0) is 11.3 Å². The number of halogens is 3. The van der Waals surface area contributed by atoms with Gasteiger partial charge in [-0.05, 0) is 34.5 Å². The van der Waals surface area contributed by atoms with E-state index in [1.54, 1.807) is 4.90 Å². The summed E-state index contributed by atoms with van der Waals surface area (Å²) in [6.45, 7) is 1.53. The lowest BCUT2D eigenvalue weighted by Gasteiger charge is -2.19. The number of nitrogens with zero attached hydrogens (tertiary/aromatic N) is 1. The summed E-state index contributed by atoms with van der Waals surface area (Å²) in [6.07, 6.45) is 0.781. The Hall–Kier alpha value is -1.01. The van der Waals surface area contributed by atoms with Crippen LogP contribution in [-0.4, -0.2) is 30.4 Å². The molecule has 0 aromatic heterocycles. The molecule has 6 heteroatoms. The Bertz CT molecular complexity index is 468. The summed E-state index contributed by atoms with van der Waals surface area (Å²) in [5.74, 6) is -1.29. The lowest BCUT2D eigenvalue weighted by atomic mass is 10.2. The first-order valence-electron chi connectivity index (χ1n) is 5.69. The normalized spacial score (nSPS) is 17.4. The van der Waals surface area contributed by atoms with Gasteiger partial charge in [0.05, 0.1) is 11.0 Å². The summed E-state index contributed by atoms with van der Waals surface area (Å²) in [6, 6.07) is 2.56. The fourth-order valence-corrected chi connectivity index (χ4v) is 2.31. The number of carbonyl (C=O) groups excluding carboxylic acids is 1. The van der Waals surface area contributed by atoms with Gasteiger partial charge >= 0.3 is 0 Å². The highest BCUT2D eigenvalue weighted by atomic mass is 79.9. The highest BCUT2D eigenvalue weighted by molar-refractivity contribution is 9.10. The van der Waals surface area contributed by atoms with E-state index in [0.717, 1.165) is 6.42 Å². The fraction of sp³-hybridized carbons (Fsp3) is 0.417. The maximum absolute atomic E-state index is 13.8. The molecule has 0 radical (unpaired) electrons. The van der Waals surface area contributed by atoms with Gasteiger partial charge in [-0.2, -0.15) is 0 Å². The topological polar surface area (TPSA) is 32.3 Å². The van der Waals surface area contributed by atoms with Gasteiger partial charge in [0.15, 0.2) is 0 Å². The van der Waals surface area contributed by atoms with E-state index < -0.39 is 11.6 Å². The Kier molecular flexibility index (Phi) is 4.29. The molecule has 1 aromatic carbocycles. The van der Waals surface area contributed by atoms with Crippen molar-refractivity contribution >= 4 is 21.8 Å². The monoisotopic (exact) mass is 318 g/mol. The number of carbonyl (C=O) groups is 1. The fourth-order valence-electron chi connectivity index (χ4n) is 1.94. The van der Waals surface area contributed by atoms with E-state index in [1.165, 1.54) is 12.1 Å². The molecule has 0 bridgehead atoms. The second kappa shape index (κ2) is 5.75. The standard InChI is InChI=1S/C12H13BrF2N2O/c13-9-2-3-10(14)8(12(9)15)6-17-5-1-4-16-11(18)7-17/h2-3H,1,4-7H2,(H,16,18). The second-order valence-corrected chi connectivity index (χ2v) is 5.09. The van der Waals surface area contributed by atoms with Crippen molar-refractivity contribution in [3.63, 3.8) is 0 Å². The molecule has 98 valence electrons. The minimum absolute atomic E-state index is 0.000856. The van der Waals surface area contributed by atoms with Gasteiger partial charge in [0.1, 0.15) is 11.6 Å². The van der Waals surface area contributed by atoms with Crippen molar-refractivity contribution in [3.05, 3.63) is 33.8 Å². The van der Waals surface area contributed by atoms with Crippen LogP contribution in [0.15, 0.2) is 16.6 Å². The third kappa shape index (κ3) is 3.05. The molecule has 1 aliphatic rings. The van der Waals surface area contributed by atoms with E-state index in [2.05, 4.69) is 21.2 Å². The van der Waals surface area contributed by atoms with Gasteiger partial charge in [-0.15, -0.1) is 0 Å². The molecule has 0 aliphatic carbocycles. The van der Waals surface area contributed by atoms with E-state index >= 15 is 0 Å². The van der Waals surface area contributed by atoms with Crippen LogP contribution in [0.1, 0.15) is 12.0 Å². The zero-order valence-electron chi connectivity index (χ0n) is 9.68. The Balaban J connectivity index is 2.17. The summed E-state index contributed by atoms with van der Waals surface area (Å²) in [4.78, 5) is 13.1. The molecule has 1 aromatic rings. The van der Waals surface area contributed by atoms with Crippen LogP contribution in [0.2, 0.25) is 0 Å². The first-order chi connectivity index (χ1) is 8.58. The van der Waals surface area contributed by atoms with E-state index in [1.807, 2.05) is 0 Å². The predicted octanol–water partition coefficient (Wildman–Crippen LogP) is 2.05. The second-order valence-electron chi connectivity index (χ2n) is 4.24. The zero-order valence-corrected chi connectivity index (χ0v) is 11.3. The largest absolute Gasteiger partial charge is 0.355 e. The highest BCUT2D eigenvalue weighted by Crippen LogP contribution is 2.23. The third-order valence-corrected chi connectivity index (χ3v) is 3.47. The van der Waals surface area contributed by atoms with Crippen LogP contribution in [0.4, 0.5) is 8.78 Å². The summed E-state index contributed by atoms with van der Waals surface area (Å²) in [7, 11) is 0. The van der Waals surface area contributed by atoms with Gasteiger partial charge in [0.2, 0.25) is 5.91 Å². The average Bonchev–Trinajstić information content (AvgIpc) is 2.54. The Morgan fingerprint density at radius 1 is 1.39 bits per heavy atom. The van der Waals surface area contributed by atoms with Crippen LogP contribution in [0, 0.1) is 11.6 Å². The summed E-state index contributed by atoms with van der Waals surface area (Å²) in [5.41, 5.74) is -0.000856. The Labute approximate surface area is 112 Å². The van der Waals surface area contributed by atoms with Crippen molar-refractivity contribution in [2.75, 3.05) is 19.6 Å². The minimum atomic E-state index is -0.598. The summed E-state index contributed by atoms with van der Waals surface area (Å²) >= 11 is 3.03. The van der Waals surface area contributed by atoms with Crippen molar-refractivity contribution in [2.45, 2.75) is 13.0 Å². The molecular formula is C12H13BrF2N2O. The van der Waals surface area contributed by atoms with Crippen LogP contribution < -0.4 is 5.32 Å². The van der Waals surface area contributed by atoms with Crippen LogP contribution in [0.5, 0.6) is 0 Å². The quantitative estimate of drug-likeness (QED) is 0.846. The molecule has 0 atom stereocenters. The first kappa shape index (κ1) is 13.4. The SMILES string of the molecule is O=C1CN(Cc2c(F)ccc(Br)c2F)CCCN1. The van der Waals surface area contributed by atoms with Crippen molar-refractivity contribution < 1.29 is 13.6 Å². The molecule has 3 nitrogen and oxygen atoms in total.